The van der Waals surface area contributed by atoms with Gasteiger partial charge in [-0.3, -0.25) is 0 Å². The van der Waals surface area contributed by atoms with Crippen LogP contribution in [0, 0.1) is 5.92 Å². The van der Waals surface area contributed by atoms with E-state index in [0.717, 1.165) is 38.3 Å². The van der Waals surface area contributed by atoms with Crippen LogP contribution >= 0.6 is 0 Å². The Hall–Kier alpha value is -2.17. The van der Waals surface area contributed by atoms with Crippen molar-refractivity contribution in [3.8, 4) is 0 Å². The molecule has 5 nitrogen and oxygen atoms in total. The molecule has 2 aromatic rings. The number of hydrogen-bond donors (Lipinski definition) is 1. The van der Waals surface area contributed by atoms with Gasteiger partial charge >= 0.3 is 0 Å². The molecule has 0 radical (unpaired) electrons. The second-order valence-electron chi connectivity index (χ2n) is 6.19. The molecular weight excluding hydrogens is 274 g/mol. The van der Waals surface area contributed by atoms with E-state index in [0.29, 0.717) is 11.9 Å². The second kappa shape index (κ2) is 6.73. The number of fused-ring (bicyclic) bond motifs is 1. The molecule has 0 bridgehead atoms. The van der Waals surface area contributed by atoms with Gasteiger partial charge in [0.1, 0.15) is 0 Å². The highest BCUT2D eigenvalue weighted by Gasteiger charge is 2.17. The van der Waals surface area contributed by atoms with Crippen LogP contribution < -0.4 is 10.2 Å². The summed E-state index contributed by atoms with van der Waals surface area (Å²) in [5.41, 5.74) is 2.82. The average Bonchev–Trinajstić information content (AvgIpc) is 2.54. The van der Waals surface area contributed by atoms with Gasteiger partial charge in [-0.1, -0.05) is 38.1 Å². The van der Waals surface area contributed by atoms with E-state index in [4.69, 9.17) is 0 Å². The molecule has 3 rings (SSSR count). The van der Waals surface area contributed by atoms with Gasteiger partial charge in [-0.2, -0.15) is 10.1 Å². The molecule has 0 aliphatic carbocycles. The Morgan fingerprint density at radius 3 is 2.86 bits per heavy atom. The molecule has 0 saturated carbocycles. The minimum Gasteiger partial charge on any atom is -0.353 e. The molecule has 1 aliphatic rings. The SMILES string of the molecule is CC(C)CCNc1nncc(N2CCc3ccccc3C2)n1. The van der Waals surface area contributed by atoms with Gasteiger partial charge in [-0.05, 0) is 29.9 Å². The van der Waals surface area contributed by atoms with Crippen molar-refractivity contribution in [2.75, 3.05) is 23.3 Å². The molecule has 1 N–H and O–H groups in total. The molecule has 0 spiro atoms. The Morgan fingerprint density at radius 1 is 1.23 bits per heavy atom. The summed E-state index contributed by atoms with van der Waals surface area (Å²) in [7, 11) is 0. The van der Waals surface area contributed by atoms with E-state index in [1.807, 2.05) is 0 Å². The molecule has 0 unspecified atom stereocenters. The summed E-state index contributed by atoms with van der Waals surface area (Å²) in [6.07, 6.45) is 3.91. The van der Waals surface area contributed by atoms with Crippen molar-refractivity contribution >= 4 is 11.8 Å². The molecule has 0 saturated heterocycles. The molecule has 5 heteroatoms. The molecule has 2 heterocycles. The van der Waals surface area contributed by atoms with Crippen LogP contribution in [0.15, 0.2) is 30.5 Å². The Bertz CT molecular complexity index is 626. The van der Waals surface area contributed by atoms with Gasteiger partial charge in [-0.25, -0.2) is 0 Å². The van der Waals surface area contributed by atoms with E-state index >= 15 is 0 Å². The normalized spacial score (nSPS) is 14.0. The van der Waals surface area contributed by atoms with Crippen molar-refractivity contribution < 1.29 is 0 Å². The van der Waals surface area contributed by atoms with Crippen molar-refractivity contribution in [3.05, 3.63) is 41.6 Å². The largest absolute Gasteiger partial charge is 0.353 e. The van der Waals surface area contributed by atoms with Crippen LogP contribution in [0.5, 0.6) is 0 Å². The van der Waals surface area contributed by atoms with E-state index in [-0.39, 0.29) is 0 Å². The smallest absolute Gasteiger partial charge is 0.244 e. The number of nitrogens with zero attached hydrogens (tertiary/aromatic N) is 4. The van der Waals surface area contributed by atoms with Gasteiger partial charge in [-0.15, -0.1) is 5.10 Å². The molecule has 1 aromatic carbocycles. The third-order valence-electron chi connectivity index (χ3n) is 4.01. The highest BCUT2D eigenvalue weighted by molar-refractivity contribution is 5.44. The molecule has 116 valence electrons. The first-order chi connectivity index (χ1) is 10.7. The maximum absolute atomic E-state index is 4.61. The zero-order valence-electron chi connectivity index (χ0n) is 13.3. The summed E-state index contributed by atoms with van der Waals surface area (Å²) in [6, 6.07) is 8.61. The van der Waals surface area contributed by atoms with Crippen LogP contribution in [0.1, 0.15) is 31.4 Å². The maximum Gasteiger partial charge on any atom is 0.244 e. The summed E-state index contributed by atoms with van der Waals surface area (Å²) in [5.74, 6) is 2.19. The fourth-order valence-corrected chi connectivity index (χ4v) is 2.69. The first-order valence-corrected chi connectivity index (χ1v) is 7.97. The van der Waals surface area contributed by atoms with Gasteiger partial charge in [0.25, 0.3) is 0 Å². The molecule has 22 heavy (non-hydrogen) atoms. The lowest BCUT2D eigenvalue weighted by molar-refractivity contribution is 0.605. The van der Waals surface area contributed by atoms with Gasteiger partial charge in [0.15, 0.2) is 5.82 Å². The van der Waals surface area contributed by atoms with Crippen LogP contribution in [-0.4, -0.2) is 28.3 Å². The predicted molar refractivity (Wildman–Crippen MR) is 89.0 cm³/mol. The number of aromatic nitrogens is 3. The topological polar surface area (TPSA) is 53.9 Å². The fourth-order valence-electron chi connectivity index (χ4n) is 2.69. The van der Waals surface area contributed by atoms with Gasteiger partial charge in [0.05, 0.1) is 6.20 Å². The minimum atomic E-state index is 0.622. The van der Waals surface area contributed by atoms with E-state index in [1.165, 1.54) is 11.1 Å². The standard InChI is InChI=1S/C17H23N5/c1-13(2)7-9-18-17-20-16(11-19-21-17)22-10-8-14-5-3-4-6-15(14)12-22/h3-6,11,13H,7-10,12H2,1-2H3,(H,18,20,21). The van der Waals surface area contributed by atoms with Crippen LogP contribution in [-0.2, 0) is 13.0 Å². The summed E-state index contributed by atoms with van der Waals surface area (Å²) in [4.78, 5) is 6.88. The van der Waals surface area contributed by atoms with Crippen LogP contribution in [0.3, 0.4) is 0 Å². The second-order valence-corrected chi connectivity index (χ2v) is 6.19. The monoisotopic (exact) mass is 297 g/mol. The molecule has 0 amide bonds. The number of anilines is 2. The van der Waals surface area contributed by atoms with E-state index < -0.39 is 0 Å². The van der Waals surface area contributed by atoms with E-state index in [1.54, 1.807) is 6.20 Å². The third kappa shape index (κ3) is 3.53. The average molecular weight is 297 g/mol. The molecule has 0 atom stereocenters. The fraction of sp³-hybridized carbons (Fsp3) is 0.471. The van der Waals surface area contributed by atoms with Crippen molar-refractivity contribution in [1.82, 2.24) is 15.2 Å². The lowest BCUT2D eigenvalue weighted by atomic mass is 10.0. The lowest BCUT2D eigenvalue weighted by Gasteiger charge is -2.29. The molecular formula is C17H23N5. The Kier molecular flexibility index (Phi) is 4.51. The lowest BCUT2D eigenvalue weighted by Crippen LogP contribution is -2.31. The Labute approximate surface area is 131 Å². The highest BCUT2D eigenvalue weighted by atomic mass is 15.3. The zero-order chi connectivity index (χ0) is 15.4. The van der Waals surface area contributed by atoms with Crippen LogP contribution in [0.4, 0.5) is 11.8 Å². The summed E-state index contributed by atoms with van der Waals surface area (Å²) >= 11 is 0. The summed E-state index contributed by atoms with van der Waals surface area (Å²) in [5, 5.41) is 11.4. The number of nitrogens with one attached hydrogen (secondary N) is 1. The molecule has 0 fully saturated rings. The van der Waals surface area contributed by atoms with E-state index in [9.17, 15) is 0 Å². The summed E-state index contributed by atoms with van der Waals surface area (Å²) < 4.78 is 0. The van der Waals surface area contributed by atoms with Gasteiger partial charge in [0.2, 0.25) is 5.95 Å². The van der Waals surface area contributed by atoms with Gasteiger partial charge in [0, 0.05) is 19.6 Å². The Morgan fingerprint density at radius 2 is 2.05 bits per heavy atom. The van der Waals surface area contributed by atoms with Crippen molar-refractivity contribution in [1.29, 1.82) is 0 Å². The highest BCUT2D eigenvalue weighted by Crippen LogP contribution is 2.22. The van der Waals surface area contributed by atoms with Crippen molar-refractivity contribution in [2.24, 2.45) is 5.92 Å². The third-order valence-corrected chi connectivity index (χ3v) is 4.01. The molecule has 1 aliphatic heterocycles. The minimum absolute atomic E-state index is 0.622. The van der Waals surface area contributed by atoms with Gasteiger partial charge < -0.3 is 10.2 Å². The first-order valence-electron chi connectivity index (χ1n) is 7.97. The first kappa shape index (κ1) is 14.8. The van der Waals surface area contributed by atoms with Crippen LogP contribution in [0.25, 0.3) is 0 Å². The predicted octanol–water partition coefficient (Wildman–Crippen LogP) is 2.89. The van der Waals surface area contributed by atoms with E-state index in [2.05, 4.69) is 63.5 Å². The van der Waals surface area contributed by atoms with Crippen LogP contribution in [0.2, 0.25) is 0 Å². The number of hydrogen-bond acceptors (Lipinski definition) is 5. The summed E-state index contributed by atoms with van der Waals surface area (Å²) in [6.45, 7) is 7.16. The number of benzene rings is 1. The zero-order valence-corrected chi connectivity index (χ0v) is 13.3. The maximum atomic E-state index is 4.61. The Balaban J connectivity index is 1.68. The molecule has 1 aromatic heterocycles. The number of rotatable bonds is 5. The quantitative estimate of drug-likeness (QED) is 0.919. The van der Waals surface area contributed by atoms with Crippen molar-refractivity contribution in [3.63, 3.8) is 0 Å². The van der Waals surface area contributed by atoms with Crippen molar-refractivity contribution in [2.45, 2.75) is 33.2 Å².